The summed E-state index contributed by atoms with van der Waals surface area (Å²) in [6.07, 6.45) is 3.79. The summed E-state index contributed by atoms with van der Waals surface area (Å²) in [5, 5.41) is 0. The lowest BCUT2D eigenvalue weighted by Crippen LogP contribution is -2.41. The lowest BCUT2D eigenvalue weighted by molar-refractivity contribution is 0.0204. The minimum Gasteiger partial charge on any atom is -0.444 e. The molecule has 0 radical (unpaired) electrons. The molecule has 2 heterocycles. The maximum Gasteiger partial charge on any atom is 0.410 e. The minimum atomic E-state index is -0.430. The number of nitrogens with zero attached hydrogens (tertiary/aromatic N) is 1. The summed E-state index contributed by atoms with van der Waals surface area (Å²) >= 11 is 0. The van der Waals surface area contributed by atoms with Gasteiger partial charge in [-0.1, -0.05) is 6.58 Å². The fraction of sp³-hybridized carbons (Fsp3) is 0.611. The summed E-state index contributed by atoms with van der Waals surface area (Å²) in [7, 11) is 0. The lowest BCUT2D eigenvalue weighted by Gasteiger charge is -2.33. The minimum absolute atomic E-state index is 0.197. The van der Waals surface area contributed by atoms with E-state index in [2.05, 4.69) is 18.5 Å². The molecule has 0 aliphatic carbocycles. The van der Waals surface area contributed by atoms with Gasteiger partial charge >= 0.3 is 6.09 Å². The normalized spacial score (nSPS) is 16.7. The SMILES string of the molecule is C=C(C)c1c[nH]c(C2CCN(C(=O)OC(C)(C)C)CC2)c1C. The molecule has 1 aromatic heterocycles. The van der Waals surface area contributed by atoms with Crippen molar-refractivity contribution in [2.24, 2.45) is 0 Å². The molecule has 1 aromatic rings. The highest BCUT2D eigenvalue weighted by atomic mass is 16.6. The van der Waals surface area contributed by atoms with E-state index in [1.54, 1.807) is 0 Å². The van der Waals surface area contributed by atoms with Gasteiger partial charge in [-0.3, -0.25) is 0 Å². The van der Waals surface area contributed by atoms with E-state index in [0.29, 0.717) is 5.92 Å². The first-order valence-electron chi connectivity index (χ1n) is 8.00. The van der Waals surface area contributed by atoms with Gasteiger partial charge in [-0.25, -0.2) is 4.79 Å². The zero-order chi connectivity index (χ0) is 16.5. The van der Waals surface area contributed by atoms with Crippen LogP contribution in [-0.4, -0.2) is 34.7 Å². The van der Waals surface area contributed by atoms with Crippen LogP contribution in [0.15, 0.2) is 12.8 Å². The molecular weight excluding hydrogens is 276 g/mol. The molecule has 0 bridgehead atoms. The first kappa shape index (κ1) is 16.7. The monoisotopic (exact) mass is 304 g/mol. The van der Waals surface area contributed by atoms with Crippen molar-refractivity contribution in [3.05, 3.63) is 29.6 Å². The highest BCUT2D eigenvalue weighted by Crippen LogP contribution is 2.32. The molecule has 0 saturated carbocycles. The Bertz CT molecular complexity index is 558. The quantitative estimate of drug-likeness (QED) is 0.876. The van der Waals surface area contributed by atoms with E-state index in [4.69, 9.17) is 4.74 Å². The number of ether oxygens (including phenoxy) is 1. The van der Waals surface area contributed by atoms with E-state index in [9.17, 15) is 4.79 Å². The van der Waals surface area contributed by atoms with Gasteiger partial charge < -0.3 is 14.6 Å². The number of likely N-dealkylation sites (tertiary alicyclic amines) is 1. The zero-order valence-electron chi connectivity index (χ0n) is 14.5. The van der Waals surface area contributed by atoms with Crippen molar-refractivity contribution in [1.29, 1.82) is 0 Å². The molecule has 0 aromatic carbocycles. The molecule has 1 aliphatic heterocycles. The van der Waals surface area contributed by atoms with Crippen LogP contribution in [0.1, 0.15) is 63.3 Å². The first-order chi connectivity index (χ1) is 10.2. The van der Waals surface area contributed by atoms with Gasteiger partial charge in [-0.15, -0.1) is 0 Å². The second-order valence-corrected chi connectivity index (χ2v) is 7.26. The fourth-order valence-electron chi connectivity index (χ4n) is 3.06. The fourth-order valence-corrected chi connectivity index (χ4v) is 3.06. The zero-order valence-corrected chi connectivity index (χ0v) is 14.5. The number of H-pyrrole nitrogens is 1. The first-order valence-corrected chi connectivity index (χ1v) is 8.00. The Kier molecular flexibility index (Phi) is 4.69. The Balaban J connectivity index is 1.98. The van der Waals surface area contributed by atoms with E-state index in [0.717, 1.165) is 31.5 Å². The predicted molar refractivity (Wildman–Crippen MR) is 90.0 cm³/mol. The smallest absolute Gasteiger partial charge is 0.410 e. The average Bonchev–Trinajstić information content (AvgIpc) is 2.79. The van der Waals surface area contributed by atoms with Gasteiger partial charge in [0.15, 0.2) is 0 Å². The number of rotatable bonds is 2. The number of carbonyl (C=O) groups excluding carboxylic acids is 1. The topological polar surface area (TPSA) is 45.3 Å². The third kappa shape index (κ3) is 3.73. The van der Waals surface area contributed by atoms with Crippen LogP contribution in [0.2, 0.25) is 0 Å². The number of piperidine rings is 1. The number of aromatic nitrogens is 1. The van der Waals surface area contributed by atoms with Gasteiger partial charge in [0.2, 0.25) is 0 Å². The van der Waals surface area contributed by atoms with Crippen LogP contribution in [0.25, 0.3) is 5.57 Å². The molecule has 0 spiro atoms. The Labute approximate surface area is 133 Å². The predicted octanol–water partition coefficient (Wildman–Crippen LogP) is 4.47. The molecule has 2 rings (SSSR count). The highest BCUT2D eigenvalue weighted by molar-refractivity contribution is 5.68. The standard InChI is InChI=1S/C18H28N2O2/c1-12(2)15-11-19-16(13(15)3)14-7-9-20(10-8-14)17(21)22-18(4,5)6/h11,14,19H,1,7-10H2,2-6H3. The van der Waals surface area contributed by atoms with E-state index < -0.39 is 5.60 Å². The molecule has 1 saturated heterocycles. The van der Waals surface area contributed by atoms with Crippen molar-refractivity contribution in [3.8, 4) is 0 Å². The van der Waals surface area contributed by atoms with Crippen LogP contribution in [0.4, 0.5) is 4.79 Å². The number of hydrogen-bond donors (Lipinski definition) is 1. The number of amides is 1. The van der Waals surface area contributed by atoms with Gasteiger partial charge in [-0.2, -0.15) is 0 Å². The molecule has 1 aliphatic rings. The summed E-state index contributed by atoms with van der Waals surface area (Å²) in [6.45, 7) is 15.4. The number of aromatic amines is 1. The molecule has 22 heavy (non-hydrogen) atoms. The summed E-state index contributed by atoms with van der Waals surface area (Å²) in [5.74, 6) is 0.479. The molecule has 1 amide bonds. The molecule has 0 atom stereocenters. The molecule has 4 heteroatoms. The summed E-state index contributed by atoms with van der Waals surface area (Å²) in [4.78, 5) is 17.3. The van der Waals surface area contributed by atoms with Crippen molar-refractivity contribution in [2.45, 2.75) is 59.0 Å². The van der Waals surface area contributed by atoms with Crippen LogP contribution in [0, 0.1) is 6.92 Å². The van der Waals surface area contributed by atoms with Gasteiger partial charge in [0.25, 0.3) is 0 Å². The molecule has 1 fully saturated rings. The Hall–Kier alpha value is -1.71. The van der Waals surface area contributed by atoms with Crippen molar-refractivity contribution in [2.75, 3.05) is 13.1 Å². The second-order valence-electron chi connectivity index (χ2n) is 7.26. The third-order valence-corrected chi connectivity index (χ3v) is 4.19. The van der Waals surface area contributed by atoms with E-state index >= 15 is 0 Å². The Morgan fingerprint density at radius 3 is 2.41 bits per heavy atom. The molecule has 4 nitrogen and oxygen atoms in total. The van der Waals surface area contributed by atoms with Crippen molar-refractivity contribution in [3.63, 3.8) is 0 Å². The van der Waals surface area contributed by atoms with Gasteiger partial charge in [0.05, 0.1) is 0 Å². The second kappa shape index (κ2) is 6.19. The Morgan fingerprint density at radius 1 is 1.36 bits per heavy atom. The maximum atomic E-state index is 12.1. The van der Waals surface area contributed by atoms with Crippen LogP contribution in [0.3, 0.4) is 0 Å². The van der Waals surface area contributed by atoms with Crippen molar-refractivity contribution in [1.82, 2.24) is 9.88 Å². The lowest BCUT2D eigenvalue weighted by atomic mass is 9.90. The maximum absolute atomic E-state index is 12.1. The van der Waals surface area contributed by atoms with Gasteiger partial charge in [0.1, 0.15) is 5.60 Å². The number of hydrogen-bond acceptors (Lipinski definition) is 2. The van der Waals surface area contributed by atoms with E-state index in [1.807, 2.05) is 38.8 Å². The van der Waals surface area contributed by atoms with Gasteiger partial charge in [0, 0.05) is 30.9 Å². The van der Waals surface area contributed by atoms with Crippen molar-refractivity contribution >= 4 is 11.7 Å². The highest BCUT2D eigenvalue weighted by Gasteiger charge is 2.28. The van der Waals surface area contributed by atoms with Crippen LogP contribution in [-0.2, 0) is 4.74 Å². The molecule has 122 valence electrons. The van der Waals surface area contributed by atoms with Crippen LogP contribution in [0.5, 0.6) is 0 Å². The van der Waals surface area contributed by atoms with Crippen molar-refractivity contribution < 1.29 is 9.53 Å². The van der Waals surface area contributed by atoms with Crippen LogP contribution < -0.4 is 0 Å². The largest absolute Gasteiger partial charge is 0.444 e. The number of carbonyl (C=O) groups is 1. The molecule has 1 N–H and O–H groups in total. The molecule has 0 unspecified atom stereocenters. The van der Waals surface area contributed by atoms with Gasteiger partial charge in [-0.05, 0) is 64.2 Å². The van der Waals surface area contributed by atoms with Crippen LogP contribution >= 0.6 is 0 Å². The van der Waals surface area contributed by atoms with E-state index in [1.165, 1.54) is 16.8 Å². The summed E-state index contributed by atoms with van der Waals surface area (Å²) in [5.41, 5.74) is 4.46. The number of nitrogens with one attached hydrogen (secondary N) is 1. The average molecular weight is 304 g/mol. The number of allylic oxidation sites excluding steroid dienone is 1. The summed E-state index contributed by atoms with van der Waals surface area (Å²) < 4.78 is 5.45. The Morgan fingerprint density at radius 2 is 1.95 bits per heavy atom. The third-order valence-electron chi connectivity index (χ3n) is 4.19. The van der Waals surface area contributed by atoms with E-state index in [-0.39, 0.29) is 6.09 Å². The summed E-state index contributed by atoms with van der Waals surface area (Å²) in [6, 6.07) is 0. The molecular formula is C18H28N2O2.